The third kappa shape index (κ3) is 3.53. The maximum atomic E-state index is 11.5. The maximum absolute atomic E-state index is 11.5. The van der Waals surface area contributed by atoms with Gasteiger partial charge in [0.15, 0.2) is 5.78 Å². The molecule has 2 aromatic rings. The van der Waals surface area contributed by atoms with Crippen LogP contribution in [0.1, 0.15) is 21.5 Å². The number of carbonyl (C=O) groups excluding carboxylic acids is 1. The third-order valence-corrected chi connectivity index (χ3v) is 3.57. The zero-order chi connectivity index (χ0) is 14.5. The highest BCUT2D eigenvalue weighted by Gasteiger charge is 2.08. The van der Waals surface area contributed by atoms with Gasteiger partial charge in [0.05, 0.1) is 5.88 Å². The van der Waals surface area contributed by atoms with Gasteiger partial charge < -0.3 is 4.74 Å². The van der Waals surface area contributed by atoms with Gasteiger partial charge >= 0.3 is 0 Å². The summed E-state index contributed by atoms with van der Waals surface area (Å²) >= 11 is 11.6. The van der Waals surface area contributed by atoms with Gasteiger partial charge in [-0.2, -0.15) is 0 Å². The molecule has 0 spiro atoms. The molecule has 0 amide bonds. The first-order chi connectivity index (χ1) is 9.61. The van der Waals surface area contributed by atoms with Crippen LogP contribution < -0.4 is 4.74 Å². The summed E-state index contributed by atoms with van der Waals surface area (Å²) in [6.45, 7) is 2.29. The average Bonchev–Trinajstić information content (AvgIpc) is 2.46. The zero-order valence-electron chi connectivity index (χ0n) is 11.0. The van der Waals surface area contributed by atoms with Crippen LogP contribution in [0.25, 0.3) is 0 Å². The molecule has 0 aromatic heterocycles. The molecule has 104 valence electrons. The molecule has 0 N–H and O–H groups in total. The van der Waals surface area contributed by atoms with Crippen molar-refractivity contribution in [1.82, 2.24) is 0 Å². The van der Waals surface area contributed by atoms with Crippen molar-refractivity contribution in [2.45, 2.75) is 13.5 Å². The van der Waals surface area contributed by atoms with Crippen LogP contribution in [0.3, 0.4) is 0 Å². The minimum absolute atomic E-state index is 0.0146. The predicted molar refractivity (Wildman–Crippen MR) is 82.0 cm³/mol. The van der Waals surface area contributed by atoms with Crippen molar-refractivity contribution < 1.29 is 9.53 Å². The number of rotatable bonds is 5. The highest BCUT2D eigenvalue weighted by atomic mass is 35.5. The molecule has 2 aromatic carbocycles. The molecule has 0 atom stereocenters. The van der Waals surface area contributed by atoms with Gasteiger partial charge in [0.2, 0.25) is 0 Å². The smallest absolute Gasteiger partial charge is 0.177 e. The molecule has 0 unspecified atom stereocenters. The molecule has 20 heavy (non-hydrogen) atoms. The van der Waals surface area contributed by atoms with E-state index in [0.717, 1.165) is 16.9 Å². The molecule has 0 aliphatic carbocycles. The summed E-state index contributed by atoms with van der Waals surface area (Å²) in [5.41, 5.74) is 2.42. The molecular formula is C16H14Cl2O2. The van der Waals surface area contributed by atoms with Crippen LogP contribution in [0.15, 0.2) is 42.5 Å². The number of benzene rings is 2. The Morgan fingerprint density at radius 1 is 1.20 bits per heavy atom. The molecule has 0 saturated heterocycles. The molecule has 0 aliphatic heterocycles. The number of carbonyl (C=O) groups is 1. The van der Waals surface area contributed by atoms with Crippen LogP contribution in [-0.2, 0) is 6.61 Å². The molecule has 0 saturated carbocycles. The Bertz CT molecular complexity index is 624. The van der Waals surface area contributed by atoms with Gasteiger partial charge in [-0.05, 0) is 36.8 Å². The van der Waals surface area contributed by atoms with Crippen LogP contribution in [0.5, 0.6) is 5.75 Å². The Kier molecular flexibility index (Phi) is 5.05. The van der Waals surface area contributed by atoms with Gasteiger partial charge in [0.1, 0.15) is 12.4 Å². The van der Waals surface area contributed by atoms with E-state index in [0.29, 0.717) is 17.2 Å². The van der Waals surface area contributed by atoms with E-state index in [2.05, 4.69) is 0 Å². The average molecular weight is 309 g/mol. The van der Waals surface area contributed by atoms with Gasteiger partial charge in [-0.3, -0.25) is 4.79 Å². The van der Waals surface area contributed by atoms with Gasteiger partial charge in [-0.1, -0.05) is 29.8 Å². The van der Waals surface area contributed by atoms with Crippen LogP contribution in [0, 0.1) is 6.92 Å². The Labute approximate surface area is 128 Å². The fourth-order valence-electron chi connectivity index (χ4n) is 1.83. The van der Waals surface area contributed by atoms with Crippen LogP contribution in [0.4, 0.5) is 0 Å². The first kappa shape index (κ1) is 14.9. The van der Waals surface area contributed by atoms with E-state index < -0.39 is 0 Å². The normalized spacial score (nSPS) is 10.3. The number of alkyl halides is 1. The Balaban J connectivity index is 2.11. The van der Waals surface area contributed by atoms with Crippen LogP contribution in [-0.4, -0.2) is 11.7 Å². The summed E-state index contributed by atoms with van der Waals surface area (Å²) in [6, 6.07) is 12.8. The number of hydrogen-bond donors (Lipinski definition) is 0. The number of ketones is 1. The molecule has 2 rings (SSSR count). The topological polar surface area (TPSA) is 26.3 Å². The van der Waals surface area contributed by atoms with Crippen molar-refractivity contribution in [3.05, 3.63) is 64.2 Å². The monoisotopic (exact) mass is 308 g/mol. The standard InChI is InChI=1S/C16H14Cl2O2/c1-11-8-12(15(19)9-17)6-7-16(11)20-10-13-4-2-3-5-14(13)18/h2-8H,9-10H2,1H3. The Morgan fingerprint density at radius 2 is 1.95 bits per heavy atom. The number of hydrogen-bond acceptors (Lipinski definition) is 2. The molecular weight excluding hydrogens is 295 g/mol. The van der Waals surface area contributed by atoms with Gasteiger partial charge in [-0.15, -0.1) is 11.6 Å². The number of aryl methyl sites for hydroxylation is 1. The maximum Gasteiger partial charge on any atom is 0.177 e. The highest BCUT2D eigenvalue weighted by molar-refractivity contribution is 6.31. The molecule has 0 radical (unpaired) electrons. The van der Waals surface area contributed by atoms with E-state index in [-0.39, 0.29) is 11.7 Å². The zero-order valence-corrected chi connectivity index (χ0v) is 12.5. The lowest BCUT2D eigenvalue weighted by molar-refractivity contribution is 0.102. The quantitative estimate of drug-likeness (QED) is 0.593. The number of halogens is 2. The second-order valence-electron chi connectivity index (χ2n) is 4.42. The van der Waals surface area contributed by atoms with Crippen molar-refractivity contribution in [1.29, 1.82) is 0 Å². The SMILES string of the molecule is Cc1cc(C(=O)CCl)ccc1OCc1ccccc1Cl. The van der Waals surface area contributed by atoms with E-state index in [1.807, 2.05) is 31.2 Å². The molecule has 0 heterocycles. The summed E-state index contributed by atoms with van der Waals surface area (Å²) < 4.78 is 5.74. The molecule has 0 fully saturated rings. The van der Waals surface area contributed by atoms with Gasteiger partial charge in [-0.25, -0.2) is 0 Å². The molecule has 2 nitrogen and oxygen atoms in total. The van der Waals surface area contributed by atoms with E-state index >= 15 is 0 Å². The number of ether oxygens (including phenoxy) is 1. The Morgan fingerprint density at radius 3 is 2.60 bits per heavy atom. The predicted octanol–water partition coefficient (Wildman–Crippen LogP) is 4.65. The van der Waals surface area contributed by atoms with Crippen LogP contribution in [0.2, 0.25) is 5.02 Å². The van der Waals surface area contributed by atoms with Crippen molar-refractivity contribution in [2.75, 3.05) is 5.88 Å². The van der Waals surface area contributed by atoms with E-state index in [9.17, 15) is 4.79 Å². The second kappa shape index (κ2) is 6.78. The van der Waals surface area contributed by atoms with E-state index in [1.54, 1.807) is 18.2 Å². The third-order valence-electron chi connectivity index (χ3n) is 2.96. The summed E-state index contributed by atoms with van der Waals surface area (Å²) in [6.07, 6.45) is 0. The van der Waals surface area contributed by atoms with E-state index in [4.69, 9.17) is 27.9 Å². The fourth-order valence-corrected chi connectivity index (χ4v) is 2.18. The van der Waals surface area contributed by atoms with Crippen LogP contribution >= 0.6 is 23.2 Å². The largest absolute Gasteiger partial charge is 0.489 e. The van der Waals surface area contributed by atoms with Crippen molar-refractivity contribution in [3.8, 4) is 5.75 Å². The fraction of sp³-hybridized carbons (Fsp3) is 0.188. The summed E-state index contributed by atoms with van der Waals surface area (Å²) in [5.74, 6) is 0.627. The summed E-state index contributed by atoms with van der Waals surface area (Å²) in [4.78, 5) is 11.5. The summed E-state index contributed by atoms with van der Waals surface area (Å²) in [5, 5.41) is 0.680. The lowest BCUT2D eigenvalue weighted by Crippen LogP contribution is -2.02. The molecule has 0 aliphatic rings. The van der Waals surface area contributed by atoms with Crippen molar-refractivity contribution in [3.63, 3.8) is 0 Å². The van der Waals surface area contributed by atoms with Crippen molar-refractivity contribution >= 4 is 29.0 Å². The van der Waals surface area contributed by atoms with Gasteiger partial charge in [0.25, 0.3) is 0 Å². The highest BCUT2D eigenvalue weighted by Crippen LogP contribution is 2.23. The molecule has 0 bridgehead atoms. The van der Waals surface area contributed by atoms with E-state index in [1.165, 1.54) is 0 Å². The Hall–Kier alpha value is -1.51. The minimum atomic E-state index is -0.0904. The first-order valence-electron chi connectivity index (χ1n) is 6.18. The summed E-state index contributed by atoms with van der Waals surface area (Å²) in [7, 11) is 0. The first-order valence-corrected chi connectivity index (χ1v) is 7.09. The second-order valence-corrected chi connectivity index (χ2v) is 5.09. The lowest BCUT2D eigenvalue weighted by Gasteiger charge is -2.11. The number of Topliss-reactive ketones (excluding diaryl/α,β-unsaturated/α-hetero) is 1. The molecule has 4 heteroatoms. The lowest BCUT2D eigenvalue weighted by atomic mass is 10.1. The van der Waals surface area contributed by atoms with Gasteiger partial charge in [0, 0.05) is 16.1 Å². The minimum Gasteiger partial charge on any atom is -0.489 e. The van der Waals surface area contributed by atoms with Crippen molar-refractivity contribution in [2.24, 2.45) is 0 Å².